The Balaban J connectivity index is 1.62. The van der Waals surface area contributed by atoms with Gasteiger partial charge < -0.3 is 5.32 Å². The molecule has 4 aromatic heterocycles. The van der Waals surface area contributed by atoms with Crippen molar-refractivity contribution in [1.82, 2.24) is 34.7 Å². The molecule has 0 aliphatic rings. The Labute approximate surface area is 143 Å². The Morgan fingerprint density at radius 2 is 2.12 bits per heavy atom. The smallest absolute Gasteiger partial charge is 0.253 e. The van der Waals surface area contributed by atoms with Gasteiger partial charge in [0, 0.05) is 24.8 Å². The van der Waals surface area contributed by atoms with Crippen LogP contribution >= 0.6 is 0 Å². The Bertz CT molecular complexity index is 1090. The SMILES string of the molecule is Cc1nn(C)c2ncc(C(=O)NC(C)c3nnc4ccccn34)cc12. The van der Waals surface area contributed by atoms with Crippen LogP contribution in [0.2, 0.25) is 0 Å². The Morgan fingerprint density at radius 1 is 1.28 bits per heavy atom. The zero-order valence-electron chi connectivity index (χ0n) is 14.1. The molecule has 1 atom stereocenters. The van der Waals surface area contributed by atoms with Gasteiger partial charge in [0.2, 0.25) is 0 Å². The molecule has 1 N–H and O–H groups in total. The molecule has 4 heterocycles. The molecule has 0 aliphatic heterocycles. The number of hydrogen-bond acceptors (Lipinski definition) is 5. The van der Waals surface area contributed by atoms with Crippen LogP contribution in [0.5, 0.6) is 0 Å². The van der Waals surface area contributed by atoms with Gasteiger partial charge in [-0.3, -0.25) is 13.9 Å². The van der Waals surface area contributed by atoms with Gasteiger partial charge in [-0.05, 0) is 32.0 Å². The van der Waals surface area contributed by atoms with E-state index in [1.807, 2.05) is 55.8 Å². The van der Waals surface area contributed by atoms with E-state index in [0.29, 0.717) is 11.4 Å². The fourth-order valence-electron chi connectivity index (χ4n) is 2.93. The first-order valence-electron chi connectivity index (χ1n) is 7.94. The van der Waals surface area contributed by atoms with Gasteiger partial charge >= 0.3 is 0 Å². The van der Waals surface area contributed by atoms with Crippen LogP contribution in [0.1, 0.15) is 34.8 Å². The molecule has 1 unspecified atom stereocenters. The van der Waals surface area contributed by atoms with E-state index in [1.54, 1.807) is 10.9 Å². The molecule has 25 heavy (non-hydrogen) atoms. The maximum absolute atomic E-state index is 12.6. The van der Waals surface area contributed by atoms with Crippen molar-refractivity contribution in [1.29, 1.82) is 0 Å². The summed E-state index contributed by atoms with van der Waals surface area (Å²) in [7, 11) is 1.83. The molecule has 0 spiro atoms. The van der Waals surface area contributed by atoms with E-state index in [0.717, 1.165) is 22.4 Å². The summed E-state index contributed by atoms with van der Waals surface area (Å²) in [6.07, 6.45) is 3.44. The van der Waals surface area contributed by atoms with E-state index in [1.165, 1.54) is 0 Å². The second kappa shape index (κ2) is 5.66. The van der Waals surface area contributed by atoms with Crippen LogP contribution in [0.15, 0.2) is 36.7 Å². The number of amides is 1. The van der Waals surface area contributed by atoms with Crippen LogP contribution in [0.25, 0.3) is 16.7 Å². The highest BCUT2D eigenvalue weighted by Crippen LogP contribution is 2.18. The van der Waals surface area contributed by atoms with Crippen LogP contribution in [0, 0.1) is 6.92 Å². The molecule has 8 heteroatoms. The van der Waals surface area contributed by atoms with Crippen molar-refractivity contribution in [3.8, 4) is 0 Å². The van der Waals surface area contributed by atoms with Crippen molar-refractivity contribution >= 4 is 22.6 Å². The van der Waals surface area contributed by atoms with E-state index in [-0.39, 0.29) is 11.9 Å². The standard InChI is InChI=1S/C17H17N7O/c1-10-13-8-12(9-18-16(13)23(3)22-10)17(25)19-11(2)15-21-20-14-6-4-5-7-24(14)15/h4-9,11H,1-3H3,(H,19,25). The molecule has 0 fully saturated rings. The first kappa shape index (κ1) is 15.3. The molecule has 126 valence electrons. The number of rotatable bonds is 3. The number of carbonyl (C=O) groups is 1. The molecule has 0 saturated carbocycles. The Kier molecular flexibility index (Phi) is 3.45. The van der Waals surface area contributed by atoms with Crippen LogP contribution in [-0.2, 0) is 7.05 Å². The molecule has 1 amide bonds. The minimum Gasteiger partial charge on any atom is -0.342 e. The quantitative estimate of drug-likeness (QED) is 0.617. The van der Waals surface area contributed by atoms with E-state index in [4.69, 9.17) is 0 Å². The fraction of sp³-hybridized carbons (Fsp3) is 0.235. The van der Waals surface area contributed by atoms with Crippen molar-refractivity contribution < 1.29 is 4.79 Å². The molecule has 0 radical (unpaired) electrons. The summed E-state index contributed by atoms with van der Waals surface area (Å²) < 4.78 is 3.56. The number of aryl methyl sites for hydroxylation is 2. The number of carbonyl (C=O) groups excluding carboxylic acids is 1. The molecular formula is C17H17N7O. The van der Waals surface area contributed by atoms with Crippen LogP contribution in [0.3, 0.4) is 0 Å². The first-order valence-corrected chi connectivity index (χ1v) is 7.94. The lowest BCUT2D eigenvalue weighted by Gasteiger charge is -2.12. The topological polar surface area (TPSA) is 90.0 Å². The third kappa shape index (κ3) is 2.51. The zero-order valence-corrected chi connectivity index (χ0v) is 14.1. The predicted molar refractivity (Wildman–Crippen MR) is 92.1 cm³/mol. The van der Waals surface area contributed by atoms with Crippen molar-refractivity contribution in [2.24, 2.45) is 7.05 Å². The van der Waals surface area contributed by atoms with Crippen molar-refractivity contribution in [3.05, 3.63) is 53.7 Å². The van der Waals surface area contributed by atoms with E-state index in [9.17, 15) is 4.79 Å². The molecule has 0 aromatic carbocycles. The molecule has 8 nitrogen and oxygen atoms in total. The van der Waals surface area contributed by atoms with E-state index in [2.05, 4.69) is 25.6 Å². The molecule has 4 rings (SSSR count). The van der Waals surface area contributed by atoms with Crippen molar-refractivity contribution in [3.63, 3.8) is 0 Å². The van der Waals surface area contributed by atoms with Gasteiger partial charge in [-0.25, -0.2) is 4.98 Å². The maximum atomic E-state index is 12.6. The number of nitrogens with one attached hydrogen (secondary N) is 1. The number of fused-ring (bicyclic) bond motifs is 2. The van der Waals surface area contributed by atoms with E-state index >= 15 is 0 Å². The predicted octanol–water partition coefficient (Wildman–Crippen LogP) is 1.81. The highest BCUT2D eigenvalue weighted by Gasteiger charge is 2.18. The molecule has 0 saturated heterocycles. The molecule has 4 aromatic rings. The van der Waals surface area contributed by atoms with Gasteiger partial charge in [-0.2, -0.15) is 5.10 Å². The Hall–Kier alpha value is -3.29. The minimum absolute atomic E-state index is 0.210. The van der Waals surface area contributed by atoms with Crippen LogP contribution < -0.4 is 5.32 Å². The average molecular weight is 335 g/mol. The molecule has 0 aliphatic carbocycles. The highest BCUT2D eigenvalue weighted by molar-refractivity contribution is 5.97. The summed E-state index contributed by atoms with van der Waals surface area (Å²) in [6, 6.07) is 7.18. The minimum atomic E-state index is -0.296. The second-order valence-corrected chi connectivity index (χ2v) is 5.99. The number of hydrogen-bond donors (Lipinski definition) is 1. The van der Waals surface area contributed by atoms with Crippen LogP contribution in [-0.4, -0.2) is 35.3 Å². The lowest BCUT2D eigenvalue weighted by molar-refractivity contribution is 0.0938. The van der Waals surface area contributed by atoms with Crippen molar-refractivity contribution in [2.75, 3.05) is 0 Å². The first-order chi connectivity index (χ1) is 12.0. The van der Waals surface area contributed by atoms with Gasteiger partial charge in [0.25, 0.3) is 5.91 Å². The second-order valence-electron chi connectivity index (χ2n) is 5.99. The van der Waals surface area contributed by atoms with Gasteiger partial charge in [-0.1, -0.05) is 6.07 Å². The van der Waals surface area contributed by atoms with Gasteiger partial charge in [0.15, 0.2) is 17.1 Å². The summed E-state index contributed by atoms with van der Waals surface area (Å²) in [4.78, 5) is 17.0. The summed E-state index contributed by atoms with van der Waals surface area (Å²) in [5.74, 6) is 0.466. The normalized spacial score (nSPS) is 12.6. The number of pyridine rings is 2. The monoisotopic (exact) mass is 335 g/mol. The lowest BCUT2D eigenvalue weighted by atomic mass is 10.2. The highest BCUT2D eigenvalue weighted by atomic mass is 16.1. The van der Waals surface area contributed by atoms with E-state index < -0.39 is 0 Å². The van der Waals surface area contributed by atoms with Gasteiger partial charge in [-0.15, -0.1) is 10.2 Å². The number of aromatic nitrogens is 6. The molecule has 0 bridgehead atoms. The fourth-order valence-corrected chi connectivity index (χ4v) is 2.93. The van der Waals surface area contributed by atoms with Crippen LogP contribution in [0.4, 0.5) is 0 Å². The summed E-state index contributed by atoms with van der Waals surface area (Å²) in [5, 5.41) is 16.4. The van der Waals surface area contributed by atoms with Crippen molar-refractivity contribution in [2.45, 2.75) is 19.9 Å². The zero-order chi connectivity index (χ0) is 17.6. The van der Waals surface area contributed by atoms with Gasteiger partial charge in [0.1, 0.15) is 0 Å². The van der Waals surface area contributed by atoms with Gasteiger partial charge in [0.05, 0.1) is 17.3 Å². The third-order valence-corrected chi connectivity index (χ3v) is 4.20. The maximum Gasteiger partial charge on any atom is 0.253 e. The number of nitrogens with zero attached hydrogens (tertiary/aromatic N) is 6. The third-order valence-electron chi connectivity index (χ3n) is 4.20. The summed E-state index contributed by atoms with van der Waals surface area (Å²) >= 11 is 0. The summed E-state index contributed by atoms with van der Waals surface area (Å²) in [5.41, 5.74) is 2.83. The summed E-state index contributed by atoms with van der Waals surface area (Å²) in [6.45, 7) is 3.78. The molecular weight excluding hydrogens is 318 g/mol. The Morgan fingerprint density at radius 3 is 2.96 bits per heavy atom. The largest absolute Gasteiger partial charge is 0.342 e. The lowest BCUT2D eigenvalue weighted by Crippen LogP contribution is -2.28. The average Bonchev–Trinajstić information content (AvgIpc) is 3.16.